The van der Waals surface area contributed by atoms with Crippen molar-refractivity contribution in [3.8, 4) is 0 Å². The van der Waals surface area contributed by atoms with Gasteiger partial charge in [-0.2, -0.15) is 9.78 Å². The van der Waals surface area contributed by atoms with Crippen LogP contribution < -0.4 is 10.6 Å². The van der Waals surface area contributed by atoms with Gasteiger partial charge in [0.05, 0.1) is 16.6 Å². The molecular weight excluding hydrogens is 404 g/mol. The quantitative estimate of drug-likeness (QED) is 0.662. The molecule has 2 aliphatic rings. The van der Waals surface area contributed by atoms with E-state index in [-0.39, 0.29) is 11.8 Å². The second kappa shape index (κ2) is 9.19. The Morgan fingerprint density at radius 3 is 2.62 bits per heavy atom. The molecule has 29 heavy (non-hydrogen) atoms. The maximum Gasteiger partial charge on any atom is 0.252 e. The molecule has 2 aromatic heterocycles. The first-order valence-electron chi connectivity index (χ1n) is 10.9. The van der Waals surface area contributed by atoms with Gasteiger partial charge in [-0.05, 0) is 62.7 Å². The van der Waals surface area contributed by atoms with Crippen LogP contribution in [0, 0.1) is 17.8 Å². The van der Waals surface area contributed by atoms with Crippen molar-refractivity contribution in [2.75, 3.05) is 18.4 Å². The Labute approximate surface area is 182 Å². The number of anilines is 1. The molecule has 7 heteroatoms. The number of hydrogen-bond donors (Lipinski definition) is 2. The van der Waals surface area contributed by atoms with Crippen molar-refractivity contribution in [1.82, 2.24) is 15.1 Å². The van der Waals surface area contributed by atoms with Crippen LogP contribution in [0.1, 0.15) is 67.2 Å². The van der Waals surface area contributed by atoms with Crippen LogP contribution in [0.2, 0.25) is 4.34 Å². The maximum atomic E-state index is 13.6. The lowest BCUT2D eigenvalue weighted by Gasteiger charge is -2.33. The SMILES string of the molecule is CC1CCCC(C)C1C(=O)n1nc(C2CCNCC2)cc1NCc1ccc(Cl)s1. The molecule has 0 bridgehead atoms. The zero-order valence-corrected chi connectivity index (χ0v) is 18.9. The highest BCUT2D eigenvalue weighted by Crippen LogP contribution is 2.37. The van der Waals surface area contributed by atoms with Crippen LogP contribution in [0.5, 0.6) is 0 Å². The summed E-state index contributed by atoms with van der Waals surface area (Å²) in [6.07, 6.45) is 5.61. The third-order valence-electron chi connectivity index (χ3n) is 6.60. The topological polar surface area (TPSA) is 59.0 Å². The van der Waals surface area contributed by atoms with E-state index >= 15 is 0 Å². The number of piperidine rings is 1. The minimum absolute atomic E-state index is 0.0428. The van der Waals surface area contributed by atoms with E-state index in [9.17, 15) is 4.79 Å². The molecule has 0 spiro atoms. The van der Waals surface area contributed by atoms with Gasteiger partial charge in [0, 0.05) is 22.8 Å². The van der Waals surface area contributed by atoms with Gasteiger partial charge in [0.1, 0.15) is 5.82 Å². The highest BCUT2D eigenvalue weighted by molar-refractivity contribution is 7.16. The molecule has 2 unspecified atom stereocenters. The second-order valence-corrected chi connectivity index (χ2v) is 10.5. The fraction of sp³-hybridized carbons (Fsp3) is 0.636. The lowest BCUT2D eigenvalue weighted by Crippen LogP contribution is -2.36. The van der Waals surface area contributed by atoms with Crippen molar-refractivity contribution >= 4 is 34.7 Å². The lowest BCUT2D eigenvalue weighted by molar-refractivity contribution is 0.0648. The van der Waals surface area contributed by atoms with E-state index in [4.69, 9.17) is 16.7 Å². The van der Waals surface area contributed by atoms with Gasteiger partial charge < -0.3 is 10.6 Å². The van der Waals surface area contributed by atoms with Gasteiger partial charge in [-0.15, -0.1) is 11.3 Å². The van der Waals surface area contributed by atoms with Crippen molar-refractivity contribution in [3.05, 3.63) is 33.1 Å². The standard InChI is InChI=1S/C22H31ClN4OS/c1-14-4-3-5-15(2)21(14)22(28)27-20(25-13-17-6-7-19(23)29-17)12-18(26-27)16-8-10-24-11-9-16/h6-7,12,14-16,21,24-25H,3-5,8-11,13H2,1-2H3. The number of hydrogen-bond acceptors (Lipinski definition) is 5. The first-order valence-corrected chi connectivity index (χ1v) is 12.1. The number of nitrogens with zero attached hydrogens (tertiary/aromatic N) is 2. The second-order valence-electron chi connectivity index (χ2n) is 8.70. The van der Waals surface area contributed by atoms with Crippen molar-refractivity contribution < 1.29 is 4.79 Å². The van der Waals surface area contributed by atoms with E-state index in [1.54, 1.807) is 16.0 Å². The molecule has 2 fully saturated rings. The molecular formula is C22H31ClN4OS. The molecule has 1 aliphatic carbocycles. The fourth-order valence-corrected chi connectivity index (χ4v) is 5.97. The Kier molecular flexibility index (Phi) is 6.62. The van der Waals surface area contributed by atoms with Crippen LogP contribution in [0.3, 0.4) is 0 Å². The van der Waals surface area contributed by atoms with E-state index in [0.717, 1.165) is 59.5 Å². The largest absolute Gasteiger partial charge is 0.365 e. The predicted molar refractivity (Wildman–Crippen MR) is 120 cm³/mol. The van der Waals surface area contributed by atoms with Crippen LogP contribution in [0.15, 0.2) is 18.2 Å². The molecule has 1 saturated carbocycles. The van der Waals surface area contributed by atoms with E-state index < -0.39 is 0 Å². The van der Waals surface area contributed by atoms with Crippen LogP contribution in [0.4, 0.5) is 5.82 Å². The number of thiophene rings is 1. The van der Waals surface area contributed by atoms with Gasteiger partial charge in [0.25, 0.3) is 5.91 Å². The summed E-state index contributed by atoms with van der Waals surface area (Å²) in [6, 6.07) is 6.04. The Hall–Kier alpha value is -1.37. The third-order valence-corrected chi connectivity index (χ3v) is 7.83. The minimum Gasteiger partial charge on any atom is -0.365 e. The monoisotopic (exact) mass is 434 g/mol. The normalized spacial score (nSPS) is 25.8. The molecule has 2 aromatic rings. The highest BCUT2D eigenvalue weighted by Gasteiger charge is 2.36. The molecule has 1 saturated heterocycles. The van der Waals surface area contributed by atoms with Crippen LogP contribution >= 0.6 is 22.9 Å². The van der Waals surface area contributed by atoms with Crippen molar-refractivity contribution in [1.29, 1.82) is 0 Å². The molecule has 4 rings (SSSR count). The first kappa shape index (κ1) is 20.9. The van der Waals surface area contributed by atoms with E-state index in [0.29, 0.717) is 24.3 Å². The van der Waals surface area contributed by atoms with Gasteiger partial charge in [-0.1, -0.05) is 31.9 Å². The van der Waals surface area contributed by atoms with Crippen LogP contribution in [-0.4, -0.2) is 28.8 Å². The molecule has 1 aliphatic heterocycles. The van der Waals surface area contributed by atoms with E-state index in [2.05, 4.69) is 30.5 Å². The smallest absolute Gasteiger partial charge is 0.252 e. The summed E-state index contributed by atoms with van der Waals surface area (Å²) in [7, 11) is 0. The molecule has 5 nitrogen and oxygen atoms in total. The van der Waals surface area contributed by atoms with Crippen molar-refractivity contribution in [3.63, 3.8) is 0 Å². The fourth-order valence-electron chi connectivity index (χ4n) is 4.94. The molecule has 3 heterocycles. The number of aromatic nitrogens is 2. The molecule has 0 aromatic carbocycles. The zero-order valence-electron chi connectivity index (χ0n) is 17.3. The van der Waals surface area contributed by atoms with Gasteiger partial charge in [0.15, 0.2) is 0 Å². The predicted octanol–water partition coefficient (Wildman–Crippen LogP) is 5.39. The average Bonchev–Trinajstić information content (AvgIpc) is 3.33. The van der Waals surface area contributed by atoms with Gasteiger partial charge in [-0.25, -0.2) is 0 Å². The van der Waals surface area contributed by atoms with Crippen molar-refractivity contribution in [2.45, 2.75) is 58.4 Å². The Morgan fingerprint density at radius 1 is 1.24 bits per heavy atom. The lowest BCUT2D eigenvalue weighted by atomic mass is 9.73. The Bertz CT molecular complexity index is 832. The summed E-state index contributed by atoms with van der Waals surface area (Å²) in [4.78, 5) is 14.7. The van der Waals surface area contributed by atoms with Gasteiger partial charge >= 0.3 is 0 Å². The van der Waals surface area contributed by atoms with Crippen LogP contribution in [-0.2, 0) is 6.54 Å². The highest BCUT2D eigenvalue weighted by atomic mass is 35.5. The maximum absolute atomic E-state index is 13.6. The minimum atomic E-state index is 0.0428. The Balaban J connectivity index is 1.60. The average molecular weight is 435 g/mol. The molecule has 0 radical (unpaired) electrons. The molecule has 2 atom stereocenters. The molecule has 0 amide bonds. The van der Waals surface area contributed by atoms with Crippen LogP contribution in [0.25, 0.3) is 0 Å². The first-order chi connectivity index (χ1) is 14.0. The van der Waals surface area contributed by atoms with E-state index in [1.165, 1.54) is 6.42 Å². The molecule has 158 valence electrons. The number of carbonyl (C=O) groups excluding carboxylic acids is 1. The summed E-state index contributed by atoms with van der Waals surface area (Å²) in [5, 5.41) is 11.7. The summed E-state index contributed by atoms with van der Waals surface area (Å²) < 4.78 is 2.46. The number of nitrogens with one attached hydrogen (secondary N) is 2. The summed E-state index contributed by atoms with van der Waals surface area (Å²) >= 11 is 7.64. The number of halogens is 1. The number of carbonyl (C=O) groups is 1. The zero-order chi connectivity index (χ0) is 20.4. The summed E-state index contributed by atoms with van der Waals surface area (Å²) in [5.74, 6) is 2.24. The summed E-state index contributed by atoms with van der Waals surface area (Å²) in [6.45, 7) is 7.11. The van der Waals surface area contributed by atoms with E-state index in [1.807, 2.05) is 12.1 Å². The number of rotatable bonds is 5. The Morgan fingerprint density at radius 2 is 1.97 bits per heavy atom. The third kappa shape index (κ3) is 4.70. The van der Waals surface area contributed by atoms with Gasteiger partial charge in [0.2, 0.25) is 0 Å². The van der Waals surface area contributed by atoms with Gasteiger partial charge in [-0.3, -0.25) is 4.79 Å². The van der Waals surface area contributed by atoms with Crippen molar-refractivity contribution in [2.24, 2.45) is 17.8 Å². The molecule has 2 N–H and O–H groups in total. The summed E-state index contributed by atoms with van der Waals surface area (Å²) in [5.41, 5.74) is 1.04.